The molecule has 3 nitrogen and oxygen atoms in total. The molecule has 0 aliphatic heterocycles. The summed E-state index contributed by atoms with van der Waals surface area (Å²) in [6, 6.07) is 4.10. The second-order valence-electron chi connectivity index (χ2n) is 4.00. The average Bonchev–Trinajstić information content (AvgIpc) is 3.02. The van der Waals surface area contributed by atoms with E-state index in [4.69, 9.17) is 0 Å². The Balaban J connectivity index is 1.87. The van der Waals surface area contributed by atoms with Gasteiger partial charge in [0.15, 0.2) is 5.82 Å². The fourth-order valence-corrected chi connectivity index (χ4v) is 2.83. The zero-order chi connectivity index (χ0) is 10.1. The third-order valence-corrected chi connectivity index (χ3v) is 3.85. The lowest BCUT2D eigenvalue weighted by atomic mass is 10.1. The standard InChI is InChI=1S/C11H13N3S/c1-2-5-8(4-1)10-12-11(14-13-10)9-6-3-7-15-9/h3,6-8H,1-2,4-5H2,(H,12,13,14). The molecule has 1 aliphatic carbocycles. The minimum absolute atomic E-state index is 0.617. The van der Waals surface area contributed by atoms with Crippen LogP contribution in [0.3, 0.4) is 0 Å². The zero-order valence-corrected chi connectivity index (χ0v) is 9.26. The Kier molecular flexibility index (Phi) is 2.29. The molecule has 0 saturated heterocycles. The molecule has 4 heteroatoms. The highest BCUT2D eigenvalue weighted by molar-refractivity contribution is 7.13. The van der Waals surface area contributed by atoms with Crippen molar-refractivity contribution in [2.75, 3.05) is 0 Å². The first-order valence-corrected chi connectivity index (χ1v) is 6.27. The van der Waals surface area contributed by atoms with Gasteiger partial charge in [0.2, 0.25) is 0 Å². The first-order valence-electron chi connectivity index (χ1n) is 5.39. The Morgan fingerprint density at radius 3 is 2.93 bits per heavy atom. The number of aromatic nitrogens is 3. The molecule has 1 saturated carbocycles. The van der Waals surface area contributed by atoms with Crippen molar-refractivity contribution in [3.63, 3.8) is 0 Å². The van der Waals surface area contributed by atoms with Crippen molar-refractivity contribution in [2.24, 2.45) is 0 Å². The Hall–Kier alpha value is -1.16. The molecule has 2 aromatic heterocycles. The third kappa shape index (κ3) is 1.69. The van der Waals surface area contributed by atoms with E-state index in [1.54, 1.807) is 11.3 Å². The maximum absolute atomic E-state index is 4.58. The highest BCUT2D eigenvalue weighted by atomic mass is 32.1. The number of H-pyrrole nitrogens is 1. The Morgan fingerprint density at radius 2 is 2.20 bits per heavy atom. The Labute approximate surface area is 92.6 Å². The molecular formula is C11H13N3S. The largest absolute Gasteiger partial charge is 0.262 e. The summed E-state index contributed by atoms with van der Waals surface area (Å²) in [5, 5.41) is 9.42. The Morgan fingerprint density at radius 1 is 1.33 bits per heavy atom. The molecule has 1 aliphatic rings. The minimum atomic E-state index is 0.617. The van der Waals surface area contributed by atoms with Crippen molar-refractivity contribution >= 4 is 11.3 Å². The van der Waals surface area contributed by atoms with E-state index < -0.39 is 0 Å². The second kappa shape index (κ2) is 3.77. The number of aromatic amines is 1. The van der Waals surface area contributed by atoms with Gasteiger partial charge in [-0.15, -0.1) is 11.3 Å². The fraction of sp³-hybridized carbons (Fsp3) is 0.455. The summed E-state index contributed by atoms with van der Waals surface area (Å²) in [6.45, 7) is 0. The van der Waals surface area contributed by atoms with E-state index >= 15 is 0 Å². The fourth-order valence-electron chi connectivity index (χ4n) is 2.17. The monoisotopic (exact) mass is 219 g/mol. The summed E-state index contributed by atoms with van der Waals surface area (Å²) in [4.78, 5) is 5.73. The van der Waals surface area contributed by atoms with E-state index in [1.807, 2.05) is 6.07 Å². The number of rotatable bonds is 2. The minimum Gasteiger partial charge on any atom is -0.262 e. The van der Waals surface area contributed by atoms with E-state index in [1.165, 1.54) is 25.7 Å². The van der Waals surface area contributed by atoms with E-state index in [9.17, 15) is 0 Å². The van der Waals surface area contributed by atoms with Gasteiger partial charge >= 0.3 is 0 Å². The van der Waals surface area contributed by atoms with Crippen molar-refractivity contribution in [1.29, 1.82) is 0 Å². The summed E-state index contributed by atoms with van der Waals surface area (Å²) >= 11 is 1.69. The van der Waals surface area contributed by atoms with Crippen LogP contribution >= 0.6 is 11.3 Å². The van der Waals surface area contributed by atoms with Crippen LogP contribution in [0.15, 0.2) is 17.5 Å². The van der Waals surface area contributed by atoms with Crippen LogP contribution in [0.5, 0.6) is 0 Å². The number of hydrogen-bond acceptors (Lipinski definition) is 3. The van der Waals surface area contributed by atoms with Crippen molar-refractivity contribution in [3.8, 4) is 10.7 Å². The summed E-state index contributed by atoms with van der Waals surface area (Å²) < 4.78 is 0. The van der Waals surface area contributed by atoms with Crippen LogP contribution in [0, 0.1) is 0 Å². The summed E-state index contributed by atoms with van der Waals surface area (Å²) in [6.07, 6.45) is 5.19. The molecule has 2 heterocycles. The van der Waals surface area contributed by atoms with Gasteiger partial charge < -0.3 is 0 Å². The topological polar surface area (TPSA) is 41.6 Å². The Bertz CT molecular complexity index is 426. The van der Waals surface area contributed by atoms with E-state index in [0.29, 0.717) is 5.92 Å². The predicted octanol–water partition coefficient (Wildman–Crippen LogP) is 3.19. The van der Waals surface area contributed by atoms with E-state index in [-0.39, 0.29) is 0 Å². The quantitative estimate of drug-likeness (QED) is 0.842. The summed E-state index contributed by atoms with van der Waals surface area (Å²) in [5.74, 6) is 2.55. The van der Waals surface area contributed by atoms with E-state index in [2.05, 4.69) is 26.6 Å². The summed E-state index contributed by atoms with van der Waals surface area (Å²) in [5.41, 5.74) is 0. The van der Waals surface area contributed by atoms with Crippen molar-refractivity contribution in [3.05, 3.63) is 23.3 Å². The SMILES string of the molecule is c1csc(-c2n[nH]c(C3CCCC3)n2)c1. The molecule has 0 unspecified atom stereocenters. The number of nitrogens with one attached hydrogen (secondary N) is 1. The van der Waals surface area contributed by atoms with Crippen LogP contribution in [-0.4, -0.2) is 15.2 Å². The number of thiophene rings is 1. The molecule has 0 atom stereocenters. The number of nitrogens with zero attached hydrogens (tertiary/aromatic N) is 2. The van der Waals surface area contributed by atoms with Crippen LogP contribution in [0.25, 0.3) is 10.7 Å². The van der Waals surface area contributed by atoms with Gasteiger partial charge in [0.05, 0.1) is 4.88 Å². The lowest BCUT2D eigenvalue weighted by molar-refractivity contribution is 0.672. The molecule has 0 amide bonds. The molecule has 2 aromatic rings. The molecule has 0 bridgehead atoms. The molecule has 15 heavy (non-hydrogen) atoms. The van der Waals surface area contributed by atoms with Crippen LogP contribution in [0.1, 0.15) is 37.4 Å². The van der Waals surface area contributed by atoms with Crippen molar-refractivity contribution in [1.82, 2.24) is 15.2 Å². The highest BCUT2D eigenvalue weighted by Gasteiger charge is 2.20. The lowest BCUT2D eigenvalue weighted by Crippen LogP contribution is -1.94. The molecule has 1 fully saturated rings. The van der Waals surface area contributed by atoms with Crippen molar-refractivity contribution < 1.29 is 0 Å². The molecule has 0 spiro atoms. The molecule has 0 aromatic carbocycles. The highest BCUT2D eigenvalue weighted by Crippen LogP contribution is 2.33. The van der Waals surface area contributed by atoms with Gasteiger partial charge in [-0.3, -0.25) is 5.10 Å². The van der Waals surface area contributed by atoms with Gasteiger partial charge in [0.1, 0.15) is 5.82 Å². The van der Waals surface area contributed by atoms with Gasteiger partial charge in [0, 0.05) is 5.92 Å². The zero-order valence-electron chi connectivity index (χ0n) is 8.44. The maximum atomic E-state index is 4.58. The van der Waals surface area contributed by atoms with Gasteiger partial charge in [-0.1, -0.05) is 18.9 Å². The molecular weight excluding hydrogens is 206 g/mol. The van der Waals surface area contributed by atoms with Gasteiger partial charge in [-0.2, -0.15) is 5.10 Å². The van der Waals surface area contributed by atoms with Crippen LogP contribution in [-0.2, 0) is 0 Å². The molecule has 3 rings (SSSR count). The third-order valence-electron chi connectivity index (χ3n) is 2.99. The van der Waals surface area contributed by atoms with E-state index in [0.717, 1.165) is 16.5 Å². The maximum Gasteiger partial charge on any atom is 0.191 e. The molecule has 0 radical (unpaired) electrons. The second-order valence-corrected chi connectivity index (χ2v) is 4.95. The smallest absolute Gasteiger partial charge is 0.191 e. The first kappa shape index (κ1) is 9.09. The lowest BCUT2D eigenvalue weighted by Gasteiger charge is -2.01. The average molecular weight is 219 g/mol. The van der Waals surface area contributed by atoms with Gasteiger partial charge in [-0.05, 0) is 24.3 Å². The predicted molar refractivity (Wildman–Crippen MR) is 60.9 cm³/mol. The normalized spacial score (nSPS) is 17.3. The number of hydrogen-bond donors (Lipinski definition) is 1. The van der Waals surface area contributed by atoms with Crippen LogP contribution < -0.4 is 0 Å². The van der Waals surface area contributed by atoms with Gasteiger partial charge in [0.25, 0.3) is 0 Å². The first-order chi connectivity index (χ1) is 7.43. The van der Waals surface area contributed by atoms with Gasteiger partial charge in [-0.25, -0.2) is 4.98 Å². The molecule has 1 N–H and O–H groups in total. The van der Waals surface area contributed by atoms with Crippen LogP contribution in [0.4, 0.5) is 0 Å². The molecule has 78 valence electrons. The van der Waals surface area contributed by atoms with Crippen LogP contribution in [0.2, 0.25) is 0 Å². The van der Waals surface area contributed by atoms with Crippen molar-refractivity contribution in [2.45, 2.75) is 31.6 Å². The summed E-state index contributed by atoms with van der Waals surface area (Å²) in [7, 11) is 0.